The van der Waals surface area contributed by atoms with Crippen molar-refractivity contribution in [3.8, 4) is 5.75 Å². The highest BCUT2D eigenvalue weighted by Gasteiger charge is 2.25. The van der Waals surface area contributed by atoms with Crippen LogP contribution in [0.2, 0.25) is 0 Å². The largest absolute Gasteiger partial charge is 0.497 e. The Morgan fingerprint density at radius 2 is 2.00 bits per heavy atom. The van der Waals surface area contributed by atoms with E-state index in [9.17, 15) is 9.59 Å². The number of benzene rings is 2. The van der Waals surface area contributed by atoms with Crippen molar-refractivity contribution in [2.24, 2.45) is 0 Å². The molecule has 0 bridgehead atoms. The van der Waals surface area contributed by atoms with Gasteiger partial charge in [0.1, 0.15) is 11.3 Å². The number of hydrogen-bond acceptors (Lipinski definition) is 5. The van der Waals surface area contributed by atoms with Crippen molar-refractivity contribution in [1.82, 2.24) is 0 Å². The monoisotopic (exact) mass is 379 g/mol. The number of methoxy groups -OCH3 is 1. The summed E-state index contributed by atoms with van der Waals surface area (Å²) in [6, 6.07) is 13.0. The molecule has 1 amide bonds. The van der Waals surface area contributed by atoms with Crippen LogP contribution in [0, 0.1) is 6.92 Å². The predicted octanol–water partition coefficient (Wildman–Crippen LogP) is 3.89. The SMILES string of the molecule is COc1ccc2c(c1)CCCN2C(=O)COC(=O)c1oc2ccccc2c1C. The molecule has 3 aromatic rings. The zero-order chi connectivity index (χ0) is 19.7. The highest BCUT2D eigenvalue weighted by Crippen LogP contribution is 2.31. The van der Waals surface area contributed by atoms with Gasteiger partial charge in [0.2, 0.25) is 5.76 Å². The number of fused-ring (bicyclic) bond motifs is 2. The van der Waals surface area contributed by atoms with Gasteiger partial charge in [-0.2, -0.15) is 0 Å². The highest BCUT2D eigenvalue weighted by molar-refractivity contribution is 5.99. The fourth-order valence-corrected chi connectivity index (χ4v) is 3.60. The molecular weight excluding hydrogens is 358 g/mol. The summed E-state index contributed by atoms with van der Waals surface area (Å²) in [6.07, 6.45) is 1.73. The van der Waals surface area contributed by atoms with Crippen LogP contribution < -0.4 is 9.64 Å². The molecule has 6 heteroatoms. The summed E-state index contributed by atoms with van der Waals surface area (Å²) < 4.78 is 16.1. The molecule has 1 aromatic heterocycles. The van der Waals surface area contributed by atoms with E-state index in [1.54, 1.807) is 25.0 Å². The second-order valence-corrected chi connectivity index (χ2v) is 6.77. The summed E-state index contributed by atoms with van der Waals surface area (Å²) in [6.45, 7) is 2.07. The maximum absolute atomic E-state index is 12.7. The number of nitrogens with zero attached hydrogens (tertiary/aromatic N) is 1. The second kappa shape index (κ2) is 7.38. The standard InChI is InChI=1S/C22H21NO5/c1-14-17-7-3-4-8-19(17)28-21(14)22(25)27-13-20(24)23-11-5-6-15-12-16(26-2)9-10-18(15)23/h3-4,7-10,12H,5-6,11,13H2,1-2H3. The van der Waals surface area contributed by atoms with E-state index in [0.717, 1.165) is 35.2 Å². The minimum atomic E-state index is -0.631. The van der Waals surface area contributed by atoms with Crippen molar-refractivity contribution in [2.45, 2.75) is 19.8 Å². The van der Waals surface area contributed by atoms with Crippen LogP contribution in [0.5, 0.6) is 5.75 Å². The molecule has 0 saturated carbocycles. The van der Waals surface area contributed by atoms with Crippen LogP contribution in [0.1, 0.15) is 28.1 Å². The maximum atomic E-state index is 12.7. The minimum Gasteiger partial charge on any atom is -0.497 e. The Hall–Kier alpha value is -3.28. The number of ether oxygens (including phenoxy) is 2. The van der Waals surface area contributed by atoms with Crippen LogP contribution in [0.15, 0.2) is 46.9 Å². The van der Waals surface area contributed by atoms with Gasteiger partial charge in [-0.05, 0) is 49.6 Å². The van der Waals surface area contributed by atoms with Crippen LogP contribution in [-0.2, 0) is 16.0 Å². The fraction of sp³-hybridized carbons (Fsp3) is 0.273. The van der Waals surface area contributed by atoms with Gasteiger partial charge in [0.25, 0.3) is 5.91 Å². The number of rotatable bonds is 4. The van der Waals surface area contributed by atoms with Gasteiger partial charge in [0.15, 0.2) is 6.61 Å². The number of para-hydroxylation sites is 1. The maximum Gasteiger partial charge on any atom is 0.375 e. The molecule has 1 aliphatic rings. The average Bonchev–Trinajstić information content (AvgIpc) is 3.07. The topological polar surface area (TPSA) is 69.0 Å². The van der Waals surface area contributed by atoms with E-state index in [-0.39, 0.29) is 18.3 Å². The number of aryl methyl sites for hydroxylation is 2. The molecule has 0 aliphatic carbocycles. The smallest absolute Gasteiger partial charge is 0.375 e. The number of carbonyl (C=O) groups is 2. The number of carbonyl (C=O) groups excluding carboxylic acids is 2. The minimum absolute atomic E-state index is 0.137. The van der Waals surface area contributed by atoms with Crippen LogP contribution in [0.4, 0.5) is 5.69 Å². The Bertz CT molecular complexity index is 1050. The summed E-state index contributed by atoms with van der Waals surface area (Å²) in [5.74, 6) is 0.0138. The van der Waals surface area contributed by atoms with Gasteiger partial charge in [-0.1, -0.05) is 18.2 Å². The van der Waals surface area contributed by atoms with E-state index in [0.29, 0.717) is 17.7 Å². The first-order valence-electron chi connectivity index (χ1n) is 9.21. The molecule has 0 saturated heterocycles. The Labute approximate surface area is 162 Å². The van der Waals surface area contributed by atoms with E-state index in [4.69, 9.17) is 13.9 Å². The summed E-state index contributed by atoms with van der Waals surface area (Å²) >= 11 is 0. The molecule has 1 aliphatic heterocycles. The van der Waals surface area contributed by atoms with Crippen LogP contribution in [0.25, 0.3) is 11.0 Å². The van der Waals surface area contributed by atoms with Gasteiger partial charge >= 0.3 is 5.97 Å². The first-order valence-corrected chi connectivity index (χ1v) is 9.21. The Kier molecular flexibility index (Phi) is 4.77. The van der Waals surface area contributed by atoms with E-state index >= 15 is 0 Å². The molecule has 2 aromatic carbocycles. The zero-order valence-electron chi connectivity index (χ0n) is 15.9. The Morgan fingerprint density at radius 3 is 2.79 bits per heavy atom. The van der Waals surface area contributed by atoms with Gasteiger partial charge in [-0.15, -0.1) is 0 Å². The lowest BCUT2D eigenvalue weighted by Crippen LogP contribution is -2.38. The lowest BCUT2D eigenvalue weighted by atomic mass is 10.0. The lowest BCUT2D eigenvalue weighted by Gasteiger charge is -2.29. The van der Waals surface area contributed by atoms with Gasteiger partial charge in [-0.3, -0.25) is 4.79 Å². The third kappa shape index (κ3) is 3.22. The first kappa shape index (κ1) is 18.1. The number of esters is 1. The number of amides is 1. The van der Waals surface area contributed by atoms with Crippen LogP contribution >= 0.6 is 0 Å². The second-order valence-electron chi connectivity index (χ2n) is 6.77. The number of furan rings is 1. The molecular formula is C22H21NO5. The molecule has 4 rings (SSSR count). The van der Waals surface area contributed by atoms with Gasteiger partial charge in [0.05, 0.1) is 7.11 Å². The lowest BCUT2D eigenvalue weighted by molar-refractivity contribution is -0.121. The third-order valence-corrected chi connectivity index (χ3v) is 5.06. The molecule has 6 nitrogen and oxygen atoms in total. The molecule has 28 heavy (non-hydrogen) atoms. The third-order valence-electron chi connectivity index (χ3n) is 5.06. The first-order chi connectivity index (χ1) is 13.6. The molecule has 0 unspecified atom stereocenters. The number of hydrogen-bond donors (Lipinski definition) is 0. The van der Waals surface area contributed by atoms with Crippen molar-refractivity contribution < 1.29 is 23.5 Å². The Balaban J connectivity index is 1.47. The highest BCUT2D eigenvalue weighted by atomic mass is 16.5. The van der Waals surface area contributed by atoms with Crippen LogP contribution in [0.3, 0.4) is 0 Å². The molecule has 0 radical (unpaired) electrons. The quantitative estimate of drug-likeness (QED) is 0.644. The molecule has 0 N–H and O–H groups in total. The fourth-order valence-electron chi connectivity index (χ4n) is 3.60. The summed E-state index contributed by atoms with van der Waals surface area (Å²) in [4.78, 5) is 26.8. The van der Waals surface area contributed by atoms with Crippen molar-refractivity contribution in [2.75, 3.05) is 25.2 Å². The summed E-state index contributed by atoms with van der Waals surface area (Å²) in [7, 11) is 1.62. The number of anilines is 1. The molecule has 0 fully saturated rings. The van der Waals surface area contributed by atoms with Crippen molar-refractivity contribution in [3.63, 3.8) is 0 Å². The van der Waals surface area contributed by atoms with E-state index in [1.165, 1.54) is 0 Å². The van der Waals surface area contributed by atoms with Crippen molar-refractivity contribution in [3.05, 3.63) is 59.4 Å². The van der Waals surface area contributed by atoms with Gasteiger partial charge in [-0.25, -0.2) is 4.79 Å². The van der Waals surface area contributed by atoms with E-state index in [1.807, 2.05) is 36.4 Å². The average molecular weight is 379 g/mol. The van der Waals surface area contributed by atoms with Gasteiger partial charge < -0.3 is 18.8 Å². The Morgan fingerprint density at radius 1 is 1.18 bits per heavy atom. The zero-order valence-corrected chi connectivity index (χ0v) is 15.9. The molecule has 0 atom stereocenters. The predicted molar refractivity (Wildman–Crippen MR) is 105 cm³/mol. The van der Waals surface area contributed by atoms with E-state index in [2.05, 4.69) is 0 Å². The molecule has 144 valence electrons. The van der Waals surface area contributed by atoms with Crippen LogP contribution in [-0.4, -0.2) is 32.1 Å². The van der Waals surface area contributed by atoms with Crippen molar-refractivity contribution >= 4 is 28.5 Å². The molecule has 2 heterocycles. The van der Waals surface area contributed by atoms with Gasteiger partial charge in [0, 0.05) is 23.2 Å². The van der Waals surface area contributed by atoms with Crippen molar-refractivity contribution in [1.29, 1.82) is 0 Å². The van der Waals surface area contributed by atoms with E-state index < -0.39 is 5.97 Å². The summed E-state index contributed by atoms with van der Waals surface area (Å²) in [5, 5.41) is 0.861. The summed E-state index contributed by atoms with van der Waals surface area (Å²) in [5.41, 5.74) is 3.23. The normalized spacial score (nSPS) is 13.3. The molecule has 0 spiro atoms.